The molecule has 1 aliphatic rings. The molecule has 6 nitrogen and oxygen atoms in total. The maximum absolute atomic E-state index is 13.2. The second kappa shape index (κ2) is 10.1. The standard InChI is InChI=1S/C31H25ClN2O4/c1-18-9-12-23(14-20(18)3)34-30(36)25(29(35)33-31(34)37)15-21-10-13-28(27(32)16-21)38-17-26-19(2)8-11-22-6-4-5-7-24(22)26/h4-16H,17H2,1-3H3,(H,33,35,37)/b25-15+. The highest BCUT2D eigenvalue weighted by molar-refractivity contribution is 6.39. The largest absolute Gasteiger partial charge is 0.487 e. The van der Waals surface area contributed by atoms with Crippen LogP contribution >= 0.6 is 11.6 Å². The van der Waals surface area contributed by atoms with E-state index in [9.17, 15) is 14.4 Å². The van der Waals surface area contributed by atoms with Gasteiger partial charge < -0.3 is 4.74 Å². The molecule has 4 aromatic carbocycles. The fourth-order valence-corrected chi connectivity index (χ4v) is 4.68. The van der Waals surface area contributed by atoms with Crippen LogP contribution in [0.2, 0.25) is 5.02 Å². The average molecular weight is 525 g/mol. The van der Waals surface area contributed by atoms with Crippen molar-refractivity contribution in [1.82, 2.24) is 5.32 Å². The van der Waals surface area contributed by atoms with Gasteiger partial charge in [0.15, 0.2) is 0 Å². The number of urea groups is 1. The maximum Gasteiger partial charge on any atom is 0.335 e. The molecule has 1 N–H and O–H groups in total. The summed E-state index contributed by atoms with van der Waals surface area (Å²) in [6.07, 6.45) is 1.42. The summed E-state index contributed by atoms with van der Waals surface area (Å²) in [5.41, 5.74) is 4.89. The van der Waals surface area contributed by atoms with Crippen LogP contribution in [0.15, 0.2) is 78.4 Å². The summed E-state index contributed by atoms with van der Waals surface area (Å²) in [5.74, 6) is -0.986. The zero-order chi connectivity index (χ0) is 27.0. The summed E-state index contributed by atoms with van der Waals surface area (Å²) in [4.78, 5) is 39.3. The normalized spacial score (nSPS) is 14.8. The molecule has 0 saturated carbocycles. The lowest BCUT2D eigenvalue weighted by Crippen LogP contribution is -2.54. The number of amides is 4. The second-order valence-electron chi connectivity index (χ2n) is 9.29. The molecule has 1 aliphatic heterocycles. The molecule has 38 heavy (non-hydrogen) atoms. The van der Waals surface area contributed by atoms with Gasteiger partial charge in [-0.2, -0.15) is 0 Å². The molecule has 1 heterocycles. The number of carbonyl (C=O) groups is 3. The molecule has 0 bridgehead atoms. The van der Waals surface area contributed by atoms with Crippen LogP contribution in [0, 0.1) is 20.8 Å². The number of nitrogens with one attached hydrogen (secondary N) is 1. The Morgan fingerprint density at radius 3 is 2.39 bits per heavy atom. The van der Waals surface area contributed by atoms with Crippen LogP contribution in [-0.4, -0.2) is 17.8 Å². The van der Waals surface area contributed by atoms with Crippen LogP contribution < -0.4 is 15.0 Å². The van der Waals surface area contributed by atoms with E-state index in [0.717, 1.165) is 37.9 Å². The van der Waals surface area contributed by atoms with E-state index in [1.165, 1.54) is 6.08 Å². The minimum absolute atomic E-state index is 0.168. The van der Waals surface area contributed by atoms with E-state index in [-0.39, 0.29) is 5.57 Å². The van der Waals surface area contributed by atoms with E-state index in [0.29, 0.717) is 28.6 Å². The van der Waals surface area contributed by atoms with Crippen molar-refractivity contribution in [3.63, 3.8) is 0 Å². The number of hydrogen-bond donors (Lipinski definition) is 1. The van der Waals surface area contributed by atoms with Gasteiger partial charge in [0.2, 0.25) is 0 Å². The van der Waals surface area contributed by atoms with Crippen LogP contribution in [0.3, 0.4) is 0 Å². The van der Waals surface area contributed by atoms with Gasteiger partial charge in [-0.25, -0.2) is 9.69 Å². The molecule has 0 aromatic heterocycles. The van der Waals surface area contributed by atoms with Crippen LogP contribution in [0.25, 0.3) is 16.8 Å². The van der Waals surface area contributed by atoms with Gasteiger partial charge >= 0.3 is 6.03 Å². The molecule has 0 aliphatic carbocycles. The van der Waals surface area contributed by atoms with Gasteiger partial charge in [-0.15, -0.1) is 0 Å². The molecule has 4 amide bonds. The average Bonchev–Trinajstić information content (AvgIpc) is 2.89. The maximum atomic E-state index is 13.2. The first-order chi connectivity index (χ1) is 18.2. The number of rotatable bonds is 5. The summed E-state index contributed by atoms with van der Waals surface area (Å²) in [6, 6.07) is 21.8. The van der Waals surface area contributed by atoms with Gasteiger partial charge in [0.05, 0.1) is 10.7 Å². The number of anilines is 1. The van der Waals surface area contributed by atoms with Gasteiger partial charge in [0.1, 0.15) is 17.9 Å². The number of ether oxygens (including phenoxy) is 1. The molecular weight excluding hydrogens is 500 g/mol. The van der Waals surface area contributed by atoms with Crippen molar-refractivity contribution in [3.05, 3.63) is 111 Å². The van der Waals surface area contributed by atoms with Gasteiger partial charge in [0, 0.05) is 5.56 Å². The molecule has 4 aromatic rings. The van der Waals surface area contributed by atoms with E-state index in [1.807, 2.05) is 39.0 Å². The van der Waals surface area contributed by atoms with Crippen molar-refractivity contribution in [1.29, 1.82) is 0 Å². The van der Waals surface area contributed by atoms with Crippen LogP contribution in [0.4, 0.5) is 10.5 Å². The Labute approximate surface area is 225 Å². The SMILES string of the molecule is Cc1ccc(N2C(=O)NC(=O)/C(=C\c3ccc(OCc4c(C)ccc5ccccc45)c(Cl)c3)C2=O)cc1C. The number of barbiturate groups is 1. The Hall–Kier alpha value is -4.42. The van der Waals surface area contributed by atoms with E-state index in [2.05, 4.69) is 29.6 Å². The van der Waals surface area contributed by atoms with Gasteiger partial charge in [0.25, 0.3) is 11.8 Å². The molecular formula is C31H25ClN2O4. The summed E-state index contributed by atoms with van der Waals surface area (Å²) < 4.78 is 6.06. The first kappa shape index (κ1) is 25.2. The molecule has 5 rings (SSSR count). The van der Waals surface area contributed by atoms with Crippen molar-refractivity contribution in [2.24, 2.45) is 0 Å². The minimum atomic E-state index is -0.786. The van der Waals surface area contributed by atoms with E-state index < -0.39 is 17.8 Å². The van der Waals surface area contributed by atoms with Crippen molar-refractivity contribution >= 4 is 52.0 Å². The highest BCUT2D eigenvalue weighted by Gasteiger charge is 2.36. The van der Waals surface area contributed by atoms with Crippen LogP contribution in [0.1, 0.15) is 27.8 Å². The zero-order valence-corrected chi connectivity index (χ0v) is 21.9. The summed E-state index contributed by atoms with van der Waals surface area (Å²) >= 11 is 6.52. The first-order valence-electron chi connectivity index (χ1n) is 12.1. The lowest BCUT2D eigenvalue weighted by atomic mass is 10.0. The predicted molar refractivity (Wildman–Crippen MR) is 149 cm³/mol. The Morgan fingerprint density at radius 1 is 0.868 bits per heavy atom. The first-order valence-corrected chi connectivity index (χ1v) is 12.5. The van der Waals surface area contributed by atoms with Crippen molar-refractivity contribution in [3.8, 4) is 5.75 Å². The third-order valence-electron chi connectivity index (χ3n) is 6.76. The number of halogens is 1. The lowest BCUT2D eigenvalue weighted by molar-refractivity contribution is -0.122. The number of aryl methyl sites for hydroxylation is 3. The van der Waals surface area contributed by atoms with Crippen LogP contribution in [-0.2, 0) is 16.2 Å². The second-order valence-corrected chi connectivity index (χ2v) is 9.69. The van der Waals surface area contributed by atoms with E-state index >= 15 is 0 Å². The topological polar surface area (TPSA) is 75.7 Å². The third-order valence-corrected chi connectivity index (χ3v) is 7.06. The number of imide groups is 2. The van der Waals surface area contributed by atoms with Gasteiger partial charge in [-0.1, -0.05) is 60.1 Å². The number of hydrogen-bond acceptors (Lipinski definition) is 4. The number of benzene rings is 4. The Bertz CT molecular complexity index is 1660. The minimum Gasteiger partial charge on any atom is -0.487 e. The Balaban J connectivity index is 1.39. The lowest BCUT2D eigenvalue weighted by Gasteiger charge is -2.26. The molecule has 0 spiro atoms. The molecule has 7 heteroatoms. The highest BCUT2D eigenvalue weighted by Crippen LogP contribution is 2.30. The predicted octanol–water partition coefficient (Wildman–Crippen LogP) is 6.66. The Morgan fingerprint density at radius 2 is 1.63 bits per heavy atom. The molecule has 1 saturated heterocycles. The van der Waals surface area contributed by atoms with E-state index in [1.54, 1.807) is 30.3 Å². The summed E-state index contributed by atoms with van der Waals surface area (Å²) in [7, 11) is 0. The number of nitrogens with zero attached hydrogens (tertiary/aromatic N) is 1. The van der Waals surface area contributed by atoms with Crippen LogP contribution in [0.5, 0.6) is 5.75 Å². The number of carbonyl (C=O) groups excluding carboxylic acids is 3. The molecule has 190 valence electrons. The zero-order valence-electron chi connectivity index (χ0n) is 21.2. The smallest absolute Gasteiger partial charge is 0.335 e. The molecule has 0 radical (unpaired) electrons. The monoisotopic (exact) mass is 524 g/mol. The fraction of sp³-hybridized carbons (Fsp3) is 0.129. The van der Waals surface area contributed by atoms with E-state index in [4.69, 9.17) is 16.3 Å². The van der Waals surface area contributed by atoms with Crippen molar-refractivity contribution in [2.75, 3.05) is 4.90 Å². The summed E-state index contributed by atoms with van der Waals surface area (Å²) in [5, 5.41) is 4.84. The van der Waals surface area contributed by atoms with Gasteiger partial charge in [-0.05, 0) is 84.1 Å². The molecule has 1 fully saturated rings. The van der Waals surface area contributed by atoms with Gasteiger partial charge in [-0.3, -0.25) is 14.9 Å². The molecule has 0 atom stereocenters. The fourth-order valence-electron chi connectivity index (χ4n) is 4.43. The number of fused-ring (bicyclic) bond motifs is 1. The Kier molecular flexibility index (Phi) is 6.74. The summed E-state index contributed by atoms with van der Waals surface area (Å²) in [6.45, 7) is 6.20. The van der Waals surface area contributed by atoms with Crippen molar-refractivity contribution < 1.29 is 19.1 Å². The highest BCUT2D eigenvalue weighted by atomic mass is 35.5. The van der Waals surface area contributed by atoms with Crippen molar-refractivity contribution in [2.45, 2.75) is 27.4 Å². The quantitative estimate of drug-likeness (QED) is 0.234. The molecule has 0 unspecified atom stereocenters. The third kappa shape index (κ3) is 4.78.